The summed E-state index contributed by atoms with van der Waals surface area (Å²) in [6.07, 6.45) is 2.23. The van der Waals surface area contributed by atoms with Gasteiger partial charge in [-0.3, -0.25) is 9.59 Å². The zero-order chi connectivity index (χ0) is 15.0. The van der Waals surface area contributed by atoms with E-state index in [1.165, 1.54) is 0 Å². The summed E-state index contributed by atoms with van der Waals surface area (Å²) in [6.45, 7) is 8.52. The van der Waals surface area contributed by atoms with Gasteiger partial charge in [0.05, 0.1) is 5.75 Å². The predicted molar refractivity (Wildman–Crippen MR) is 83.8 cm³/mol. The Morgan fingerprint density at radius 1 is 1.25 bits per heavy atom. The molecule has 1 fully saturated rings. The van der Waals surface area contributed by atoms with Crippen LogP contribution in [0.4, 0.5) is 0 Å². The van der Waals surface area contributed by atoms with E-state index in [9.17, 15) is 9.59 Å². The van der Waals surface area contributed by atoms with E-state index in [1.807, 2.05) is 13.8 Å². The molecule has 1 rings (SSSR count). The van der Waals surface area contributed by atoms with Crippen LogP contribution in [0.15, 0.2) is 0 Å². The molecule has 1 aliphatic heterocycles. The van der Waals surface area contributed by atoms with Gasteiger partial charge in [-0.1, -0.05) is 13.8 Å². The lowest BCUT2D eigenvalue weighted by atomic mass is 10.2. The zero-order valence-corrected chi connectivity index (χ0v) is 13.5. The van der Waals surface area contributed by atoms with Gasteiger partial charge in [-0.15, -0.1) is 11.8 Å². The van der Waals surface area contributed by atoms with Gasteiger partial charge in [0.15, 0.2) is 0 Å². The summed E-state index contributed by atoms with van der Waals surface area (Å²) in [6, 6.07) is -0.463. The van der Waals surface area contributed by atoms with Gasteiger partial charge in [-0.2, -0.15) is 0 Å². The van der Waals surface area contributed by atoms with Crippen molar-refractivity contribution < 1.29 is 9.59 Å². The fraction of sp³-hybridized carbons (Fsp3) is 0.857. The number of amides is 2. The highest BCUT2D eigenvalue weighted by Gasteiger charge is 2.18. The van der Waals surface area contributed by atoms with Crippen LogP contribution in [0.1, 0.15) is 33.6 Å². The Balaban J connectivity index is 2.18. The lowest BCUT2D eigenvalue weighted by Gasteiger charge is -2.22. The highest BCUT2D eigenvalue weighted by molar-refractivity contribution is 8.00. The summed E-state index contributed by atoms with van der Waals surface area (Å²) in [5, 5.41) is 9.45. The molecule has 1 unspecified atom stereocenters. The van der Waals surface area contributed by atoms with Crippen LogP contribution < -0.4 is 16.0 Å². The second-order valence-electron chi connectivity index (χ2n) is 5.69. The van der Waals surface area contributed by atoms with Crippen LogP contribution in [-0.4, -0.2) is 48.5 Å². The van der Waals surface area contributed by atoms with E-state index in [1.54, 1.807) is 18.7 Å². The van der Waals surface area contributed by atoms with Gasteiger partial charge < -0.3 is 16.0 Å². The summed E-state index contributed by atoms with van der Waals surface area (Å²) in [5.41, 5.74) is 0. The van der Waals surface area contributed by atoms with Gasteiger partial charge in [0.1, 0.15) is 6.04 Å². The third-order valence-electron chi connectivity index (χ3n) is 3.19. The van der Waals surface area contributed by atoms with Crippen molar-refractivity contribution in [3.8, 4) is 0 Å². The van der Waals surface area contributed by atoms with Crippen molar-refractivity contribution in [2.24, 2.45) is 5.92 Å². The number of piperidine rings is 1. The fourth-order valence-corrected chi connectivity index (χ4v) is 3.00. The van der Waals surface area contributed by atoms with Crippen LogP contribution in [0.5, 0.6) is 0 Å². The third kappa shape index (κ3) is 7.14. The largest absolute Gasteiger partial charge is 0.354 e. The van der Waals surface area contributed by atoms with Gasteiger partial charge >= 0.3 is 0 Å². The fourth-order valence-electron chi connectivity index (χ4n) is 1.96. The minimum Gasteiger partial charge on any atom is -0.354 e. The molecule has 1 heterocycles. The summed E-state index contributed by atoms with van der Waals surface area (Å²) < 4.78 is 0. The van der Waals surface area contributed by atoms with Crippen molar-refractivity contribution in [1.29, 1.82) is 0 Å². The zero-order valence-electron chi connectivity index (χ0n) is 12.7. The second kappa shape index (κ2) is 9.23. The van der Waals surface area contributed by atoms with Gasteiger partial charge in [0.25, 0.3) is 0 Å². The van der Waals surface area contributed by atoms with Crippen molar-refractivity contribution in [2.75, 3.05) is 25.4 Å². The highest BCUT2D eigenvalue weighted by atomic mass is 32.2. The van der Waals surface area contributed by atoms with Crippen LogP contribution in [-0.2, 0) is 9.59 Å². The van der Waals surface area contributed by atoms with Crippen LogP contribution in [0.3, 0.4) is 0 Å². The summed E-state index contributed by atoms with van der Waals surface area (Å²) in [7, 11) is 0. The molecular formula is C14H27N3O2S. The van der Waals surface area contributed by atoms with Gasteiger partial charge in [-0.05, 0) is 38.8 Å². The van der Waals surface area contributed by atoms with Gasteiger partial charge in [-0.25, -0.2) is 0 Å². The molecule has 0 aromatic heterocycles. The van der Waals surface area contributed by atoms with E-state index < -0.39 is 6.04 Å². The molecule has 0 aromatic carbocycles. The van der Waals surface area contributed by atoms with Crippen LogP contribution in [0.2, 0.25) is 0 Å². The molecule has 116 valence electrons. The smallest absolute Gasteiger partial charge is 0.242 e. The summed E-state index contributed by atoms with van der Waals surface area (Å²) in [4.78, 5) is 23.6. The Bertz CT molecular complexity index is 318. The summed E-state index contributed by atoms with van der Waals surface area (Å²) >= 11 is 1.69. The SMILES string of the molecule is CC(C)CNC(=O)C(C)NC(=O)CSC1CCNCC1. The number of nitrogens with one attached hydrogen (secondary N) is 3. The average Bonchev–Trinajstić information content (AvgIpc) is 2.43. The van der Waals surface area contributed by atoms with E-state index >= 15 is 0 Å². The highest BCUT2D eigenvalue weighted by Crippen LogP contribution is 2.19. The molecule has 0 radical (unpaired) electrons. The minimum atomic E-state index is -0.463. The molecular weight excluding hydrogens is 274 g/mol. The Morgan fingerprint density at radius 2 is 1.90 bits per heavy atom. The molecule has 2 amide bonds. The number of thioether (sulfide) groups is 1. The van der Waals surface area contributed by atoms with Crippen LogP contribution in [0, 0.1) is 5.92 Å². The topological polar surface area (TPSA) is 70.2 Å². The standard InChI is InChI=1S/C14H27N3O2S/c1-10(2)8-16-14(19)11(3)17-13(18)9-20-12-4-6-15-7-5-12/h10-12,15H,4-9H2,1-3H3,(H,16,19)(H,17,18). The maximum atomic E-state index is 11.8. The maximum Gasteiger partial charge on any atom is 0.242 e. The lowest BCUT2D eigenvalue weighted by Crippen LogP contribution is -2.46. The summed E-state index contributed by atoms with van der Waals surface area (Å²) in [5.74, 6) is 0.684. The number of hydrogen-bond acceptors (Lipinski definition) is 4. The first-order valence-electron chi connectivity index (χ1n) is 7.38. The molecule has 1 atom stereocenters. The molecule has 0 saturated carbocycles. The molecule has 5 nitrogen and oxygen atoms in total. The number of rotatable bonds is 7. The van der Waals surface area contributed by atoms with E-state index in [-0.39, 0.29) is 11.8 Å². The molecule has 20 heavy (non-hydrogen) atoms. The molecule has 1 aliphatic rings. The monoisotopic (exact) mass is 301 g/mol. The maximum absolute atomic E-state index is 11.8. The third-order valence-corrected chi connectivity index (χ3v) is 4.56. The normalized spacial score (nSPS) is 17.8. The molecule has 0 aliphatic carbocycles. The van der Waals surface area contributed by atoms with Crippen molar-refractivity contribution in [3.05, 3.63) is 0 Å². The molecule has 3 N–H and O–H groups in total. The molecule has 0 bridgehead atoms. The van der Waals surface area contributed by atoms with Gasteiger partial charge in [0.2, 0.25) is 11.8 Å². The Hall–Kier alpha value is -0.750. The van der Waals surface area contributed by atoms with E-state index in [0.717, 1.165) is 25.9 Å². The van der Waals surface area contributed by atoms with Crippen molar-refractivity contribution in [3.63, 3.8) is 0 Å². The lowest BCUT2D eigenvalue weighted by molar-refractivity contribution is -0.127. The first-order chi connectivity index (χ1) is 9.49. The van der Waals surface area contributed by atoms with Crippen LogP contribution in [0.25, 0.3) is 0 Å². The first-order valence-corrected chi connectivity index (χ1v) is 8.43. The Labute approximate surface area is 126 Å². The Morgan fingerprint density at radius 3 is 2.50 bits per heavy atom. The Kier molecular flexibility index (Phi) is 7.99. The number of carbonyl (C=O) groups excluding carboxylic acids is 2. The second-order valence-corrected chi connectivity index (χ2v) is 6.98. The molecule has 0 spiro atoms. The van der Waals surface area contributed by atoms with Gasteiger partial charge in [0, 0.05) is 11.8 Å². The first kappa shape index (κ1) is 17.3. The molecule has 1 saturated heterocycles. The molecule has 0 aromatic rings. The van der Waals surface area contributed by atoms with Crippen molar-refractivity contribution in [1.82, 2.24) is 16.0 Å². The average molecular weight is 301 g/mol. The number of carbonyl (C=O) groups is 2. The quantitative estimate of drug-likeness (QED) is 0.649. The minimum absolute atomic E-state index is 0.0549. The van der Waals surface area contributed by atoms with E-state index in [2.05, 4.69) is 16.0 Å². The van der Waals surface area contributed by atoms with Crippen molar-refractivity contribution >= 4 is 23.6 Å². The van der Waals surface area contributed by atoms with Crippen molar-refractivity contribution in [2.45, 2.75) is 44.9 Å². The van der Waals surface area contributed by atoms with Crippen LogP contribution >= 0.6 is 11.8 Å². The predicted octanol–water partition coefficient (Wildman–Crippen LogP) is 0.749. The van der Waals surface area contributed by atoms with E-state index in [4.69, 9.17) is 0 Å². The molecule has 6 heteroatoms. The number of hydrogen-bond donors (Lipinski definition) is 3. The van der Waals surface area contributed by atoms with E-state index in [0.29, 0.717) is 23.5 Å².